The Morgan fingerprint density at radius 1 is 1.17 bits per heavy atom. The second-order valence-electron chi connectivity index (χ2n) is 6.34. The molecule has 0 spiro atoms. The topological polar surface area (TPSA) is 32.5 Å². The fraction of sp³-hybridized carbons (Fsp3) is 1.00. The van der Waals surface area contributed by atoms with E-state index in [0.717, 1.165) is 6.54 Å². The van der Waals surface area contributed by atoms with Gasteiger partial charge >= 0.3 is 0 Å². The van der Waals surface area contributed by atoms with E-state index in [1.54, 1.807) is 0 Å². The number of piperazine rings is 1. The highest BCUT2D eigenvalue weighted by molar-refractivity contribution is 7.99. The van der Waals surface area contributed by atoms with Gasteiger partial charge in [0.05, 0.1) is 0 Å². The molecule has 2 N–H and O–H groups in total. The average molecular weight is 271 g/mol. The van der Waals surface area contributed by atoms with Crippen LogP contribution in [-0.4, -0.2) is 66.1 Å². The summed E-state index contributed by atoms with van der Waals surface area (Å²) in [5, 5.41) is 0. The highest BCUT2D eigenvalue weighted by Gasteiger charge is 2.50. The van der Waals surface area contributed by atoms with E-state index in [9.17, 15) is 0 Å². The van der Waals surface area contributed by atoms with Crippen LogP contribution in [0.25, 0.3) is 0 Å². The van der Waals surface area contributed by atoms with Gasteiger partial charge in [0.25, 0.3) is 0 Å². The molecule has 0 amide bonds. The van der Waals surface area contributed by atoms with Crippen LogP contribution in [0.15, 0.2) is 0 Å². The summed E-state index contributed by atoms with van der Waals surface area (Å²) in [6.07, 6.45) is 1.29. The molecule has 2 fully saturated rings. The van der Waals surface area contributed by atoms with Gasteiger partial charge in [-0.25, -0.2) is 0 Å². The number of nitrogens with zero attached hydrogens (tertiary/aromatic N) is 2. The molecule has 0 aromatic rings. The molecule has 106 valence electrons. The summed E-state index contributed by atoms with van der Waals surface area (Å²) in [6, 6.07) is 0. The van der Waals surface area contributed by atoms with E-state index >= 15 is 0 Å². The first-order valence-corrected chi connectivity index (χ1v) is 8.46. The summed E-state index contributed by atoms with van der Waals surface area (Å²) < 4.78 is 0. The Morgan fingerprint density at radius 2 is 1.83 bits per heavy atom. The zero-order chi connectivity index (χ0) is 13.2. The van der Waals surface area contributed by atoms with E-state index in [0.29, 0.717) is 5.41 Å². The Bertz CT molecular complexity index is 274. The van der Waals surface area contributed by atoms with Crippen molar-refractivity contribution in [2.75, 3.05) is 50.8 Å². The number of rotatable bonds is 3. The lowest BCUT2D eigenvalue weighted by molar-refractivity contribution is -0.0269. The number of likely N-dealkylation sites (N-methyl/N-ethyl adjacent to an activating group) is 1. The van der Waals surface area contributed by atoms with Crippen molar-refractivity contribution in [3.05, 3.63) is 0 Å². The smallest absolute Gasteiger partial charge is 0.0474 e. The fourth-order valence-corrected chi connectivity index (χ4v) is 5.30. The van der Waals surface area contributed by atoms with E-state index in [2.05, 4.69) is 42.3 Å². The van der Waals surface area contributed by atoms with Crippen LogP contribution >= 0.6 is 11.8 Å². The quantitative estimate of drug-likeness (QED) is 0.843. The lowest BCUT2D eigenvalue weighted by Crippen LogP contribution is -2.68. The summed E-state index contributed by atoms with van der Waals surface area (Å²) in [6.45, 7) is 13.9. The van der Waals surface area contributed by atoms with Gasteiger partial charge in [0.15, 0.2) is 0 Å². The Hall–Kier alpha value is 0.230. The van der Waals surface area contributed by atoms with Gasteiger partial charge in [0, 0.05) is 44.0 Å². The zero-order valence-electron chi connectivity index (χ0n) is 12.2. The van der Waals surface area contributed by atoms with Gasteiger partial charge in [-0.3, -0.25) is 4.90 Å². The van der Waals surface area contributed by atoms with Gasteiger partial charge in [-0.05, 0) is 24.1 Å². The fourth-order valence-electron chi connectivity index (χ4n) is 3.47. The molecule has 0 radical (unpaired) electrons. The maximum absolute atomic E-state index is 6.24. The van der Waals surface area contributed by atoms with Crippen LogP contribution in [0, 0.1) is 5.41 Å². The maximum Gasteiger partial charge on any atom is 0.0474 e. The number of hydrogen-bond donors (Lipinski definition) is 1. The minimum atomic E-state index is 0.218. The molecular weight excluding hydrogens is 242 g/mol. The van der Waals surface area contributed by atoms with E-state index in [-0.39, 0.29) is 5.54 Å². The average Bonchev–Trinajstić information content (AvgIpc) is 2.39. The normalized spacial score (nSPS) is 34.7. The molecule has 0 aliphatic carbocycles. The van der Waals surface area contributed by atoms with E-state index in [4.69, 9.17) is 5.73 Å². The molecule has 2 aliphatic rings. The first-order valence-electron chi connectivity index (χ1n) is 7.31. The van der Waals surface area contributed by atoms with Gasteiger partial charge in [0.2, 0.25) is 0 Å². The number of nitrogens with two attached hydrogens (primary N) is 1. The largest absolute Gasteiger partial charge is 0.329 e. The lowest BCUT2D eigenvalue weighted by atomic mass is 9.69. The standard InChI is InChI=1S/C14H29N3S/c1-4-16-6-8-17(9-7-16)14(11-15)12-18-10-5-13(14,2)3/h4-12,15H2,1-3H3. The first kappa shape index (κ1) is 14.6. The molecule has 1 atom stereocenters. The van der Waals surface area contributed by atoms with Gasteiger partial charge < -0.3 is 10.6 Å². The second-order valence-corrected chi connectivity index (χ2v) is 7.45. The van der Waals surface area contributed by atoms with Crippen LogP contribution in [0.4, 0.5) is 0 Å². The summed E-state index contributed by atoms with van der Waals surface area (Å²) in [7, 11) is 0. The van der Waals surface area contributed by atoms with Crippen molar-refractivity contribution in [2.45, 2.75) is 32.7 Å². The third kappa shape index (κ3) is 2.45. The molecule has 1 unspecified atom stereocenters. The van der Waals surface area contributed by atoms with Crippen LogP contribution in [-0.2, 0) is 0 Å². The molecule has 18 heavy (non-hydrogen) atoms. The molecule has 2 heterocycles. The van der Waals surface area contributed by atoms with Gasteiger partial charge in [0.1, 0.15) is 0 Å². The van der Waals surface area contributed by atoms with Crippen LogP contribution in [0.2, 0.25) is 0 Å². The van der Waals surface area contributed by atoms with Crippen molar-refractivity contribution in [3.63, 3.8) is 0 Å². The highest BCUT2D eigenvalue weighted by Crippen LogP contribution is 2.45. The molecule has 3 nitrogen and oxygen atoms in total. The third-order valence-corrected chi connectivity index (χ3v) is 6.41. The van der Waals surface area contributed by atoms with E-state index in [1.807, 2.05) is 0 Å². The predicted octanol–water partition coefficient (Wildman–Crippen LogP) is 1.48. The molecule has 2 rings (SSSR count). The zero-order valence-corrected chi connectivity index (χ0v) is 13.1. The third-order valence-electron chi connectivity index (χ3n) is 5.23. The minimum absolute atomic E-state index is 0.218. The molecule has 4 heteroatoms. The van der Waals surface area contributed by atoms with Gasteiger partial charge in [-0.2, -0.15) is 11.8 Å². The van der Waals surface area contributed by atoms with Crippen molar-refractivity contribution < 1.29 is 0 Å². The van der Waals surface area contributed by atoms with Gasteiger partial charge in [-0.15, -0.1) is 0 Å². The number of hydrogen-bond acceptors (Lipinski definition) is 4. The maximum atomic E-state index is 6.24. The highest BCUT2D eigenvalue weighted by atomic mass is 32.2. The molecule has 2 aliphatic heterocycles. The van der Waals surface area contributed by atoms with Gasteiger partial charge in [-0.1, -0.05) is 20.8 Å². The molecule has 2 saturated heterocycles. The summed E-state index contributed by atoms with van der Waals surface area (Å²) in [5.41, 5.74) is 6.81. The molecular formula is C14H29N3S. The van der Waals surface area contributed by atoms with Crippen LogP contribution in [0.3, 0.4) is 0 Å². The van der Waals surface area contributed by atoms with E-state index < -0.39 is 0 Å². The molecule has 0 aromatic carbocycles. The van der Waals surface area contributed by atoms with Crippen molar-refractivity contribution in [2.24, 2.45) is 11.1 Å². The van der Waals surface area contributed by atoms with E-state index in [1.165, 1.54) is 50.7 Å². The SMILES string of the molecule is CCN1CCN(C2(CN)CSCCC2(C)C)CC1. The predicted molar refractivity (Wildman–Crippen MR) is 81.2 cm³/mol. The number of thioether (sulfide) groups is 1. The Morgan fingerprint density at radius 3 is 2.33 bits per heavy atom. The lowest BCUT2D eigenvalue weighted by Gasteiger charge is -2.57. The summed E-state index contributed by atoms with van der Waals surface area (Å²) in [5.74, 6) is 2.51. The Balaban J connectivity index is 2.12. The molecule has 0 saturated carbocycles. The Kier molecular flexibility index (Phi) is 4.63. The van der Waals surface area contributed by atoms with Crippen LogP contribution < -0.4 is 5.73 Å². The van der Waals surface area contributed by atoms with Crippen molar-refractivity contribution in [1.29, 1.82) is 0 Å². The first-order chi connectivity index (χ1) is 8.55. The van der Waals surface area contributed by atoms with Crippen LogP contribution in [0.5, 0.6) is 0 Å². The summed E-state index contributed by atoms with van der Waals surface area (Å²) in [4.78, 5) is 5.25. The Labute approximate surface area is 116 Å². The van der Waals surface area contributed by atoms with Crippen molar-refractivity contribution in [1.82, 2.24) is 9.80 Å². The minimum Gasteiger partial charge on any atom is -0.329 e. The molecule has 0 aromatic heterocycles. The monoisotopic (exact) mass is 271 g/mol. The van der Waals surface area contributed by atoms with Crippen molar-refractivity contribution in [3.8, 4) is 0 Å². The summed E-state index contributed by atoms with van der Waals surface area (Å²) >= 11 is 2.09. The van der Waals surface area contributed by atoms with Crippen LogP contribution in [0.1, 0.15) is 27.2 Å². The molecule has 0 bridgehead atoms. The van der Waals surface area contributed by atoms with Crippen molar-refractivity contribution >= 4 is 11.8 Å². The second kappa shape index (κ2) is 5.70.